The molecule has 0 aliphatic heterocycles. The van der Waals surface area contributed by atoms with Gasteiger partial charge in [-0.05, 0) is 31.9 Å². The number of rotatable bonds is 6. The number of thiophene rings is 2. The van der Waals surface area contributed by atoms with Crippen molar-refractivity contribution in [2.75, 3.05) is 6.54 Å². The third-order valence-corrected chi connectivity index (χ3v) is 7.68. The Morgan fingerprint density at radius 1 is 1.26 bits per heavy atom. The lowest BCUT2D eigenvalue weighted by atomic mass is 10.0. The van der Waals surface area contributed by atoms with Crippen LogP contribution in [-0.4, -0.2) is 33.2 Å². The van der Waals surface area contributed by atoms with Crippen LogP contribution in [0.15, 0.2) is 17.5 Å². The number of carbonyl (C=O) groups excluding carboxylic acids is 1. The number of hydrogen-bond donors (Lipinski definition) is 0. The molecule has 0 radical (unpaired) electrons. The van der Waals surface area contributed by atoms with Crippen molar-refractivity contribution in [1.82, 2.24) is 14.7 Å². The maximum atomic E-state index is 13.9. The molecule has 12 heteroatoms. The van der Waals surface area contributed by atoms with Gasteiger partial charge in [0.05, 0.1) is 11.3 Å². The van der Waals surface area contributed by atoms with Crippen LogP contribution in [0.5, 0.6) is 0 Å². The molecule has 0 saturated heterocycles. The third-order valence-electron chi connectivity index (χ3n) is 5.52. The minimum atomic E-state index is -5.04. The Labute approximate surface area is 200 Å². The smallest absolute Gasteiger partial charge is 0.336 e. The van der Waals surface area contributed by atoms with Gasteiger partial charge in [0.15, 0.2) is 0 Å². The van der Waals surface area contributed by atoms with E-state index in [2.05, 4.69) is 5.10 Å². The summed E-state index contributed by atoms with van der Waals surface area (Å²) >= 11 is 2.17. The van der Waals surface area contributed by atoms with Gasteiger partial charge in [-0.3, -0.25) is 9.48 Å². The number of hydrogen-bond acceptors (Lipinski definition) is 5. The van der Waals surface area contributed by atoms with E-state index in [1.54, 1.807) is 11.0 Å². The number of aromatic nitrogens is 2. The lowest BCUT2D eigenvalue weighted by molar-refractivity contribution is -0.141. The van der Waals surface area contributed by atoms with Crippen molar-refractivity contribution < 1.29 is 26.7 Å². The second-order valence-corrected chi connectivity index (χ2v) is 10.0. The zero-order chi connectivity index (χ0) is 25.0. The molecule has 4 rings (SSSR count). The highest BCUT2D eigenvalue weighted by Gasteiger charge is 2.46. The van der Waals surface area contributed by atoms with E-state index in [0.29, 0.717) is 23.2 Å². The molecule has 1 saturated carbocycles. The van der Waals surface area contributed by atoms with Crippen LogP contribution in [0.25, 0.3) is 21.0 Å². The van der Waals surface area contributed by atoms with Crippen molar-refractivity contribution in [3.8, 4) is 27.1 Å². The molecule has 0 N–H and O–H groups in total. The molecule has 0 unspecified atom stereocenters. The summed E-state index contributed by atoms with van der Waals surface area (Å²) < 4.78 is 70.0. The van der Waals surface area contributed by atoms with E-state index in [4.69, 9.17) is 0 Å². The fourth-order valence-electron chi connectivity index (χ4n) is 3.88. The van der Waals surface area contributed by atoms with Crippen LogP contribution >= 0.6 is 22.7 Å². The van der Waals surface area contributed by atoms with Crippen LogP contribution in [0.4, 0.5) is 22.0 Å². The number of carbonyl (C=O) groups is 1. The summed E-state index contributed by atoms with van der Waals surface area (Å²) in [6, 6.07) is 5.21. The number of halogens is 5. The second kappa shape index (κ2) is 8.46. The van der Waals surface area contributed by atoms with Crippen molar-refractivity contribution in [1.29, 1.82) is 5.26 Å². The summed E-state index contributed by atoms with van der Waals surface area (Å²) in [4.78, 5) is 16.0. The maximum Gasteiger partial charge on any atom is 0.420 e. The molecule has 0 spiro atoms. The molecule has 3 aromatic rings. The largest absolute Gasteiger partial charge is 0.420 e. The van der Waals surface area contributed by atoms with Crippen molar-refractivity contribution >= 4 is 28.6 Å². The number of alkyl halides is 5. The molecular formula is C22H19F5N4OS2. The van der Waals surface area contributed by atoms with Crippen LogP contribution < -0.4 is 0 Å². The topological polar surface area (TPSA) is 61.9 Å². The molecule has 0 aromatic carbocycles. The van der Waals surface area contributed by atoms with Crippen LogP contribution in [0.1, 0.15) is 53.2 Å². The highest BCUT2D eigenvalue weighted by molar-refractivity contribution is 7.22. The Hall–Kier alpha value is -2.78. The molecule has 0 bridgehead atoms. The van der Waals surface area contributed by atoms with Crippen LogP contribution in [0, 0.1) is 11.3 Å². The maximum absolute atomic E-state index is 13.9. The van der Waals surface area contributed by atoms with Crippen molar-refractivity contribution in [2.45, 2.75) is 44.8 Å². The highest BCUT2D eigenvalue weighted by atomic mass is 32.1. The van der Waals surface area contributed by atoms with Crippen LogP contribution in [0.3, 0.4) is 0 Å². The van der Waals surface area contributed by atoms with Gasteiger partial charge >= 0.3 is 6.18 Å². The van der Waals surface area contributed by atoms with Crippen molar-refractivity contribution in [3.63, 3.8) is 0 Å². The summed E-state index contributed by atoms with van der Waals surface area (Å²) in [6.07, 6.45) is -3.21. The zero-order valence-corrected chi connectivity index (χ0v) is 20.0. The Morgan fingerprint density at radius 3 is 2.47 bits per heavy atom. The van der Waals surface area contributed by atoms with Gasteiger partial charge in [-0.2, -0.15) is 32.3 Å². The molecule has 34 heavy (non-hydrogen) atoms. The predicted molar refractivity (Wildman–Crippen MR) is 119 cm³/mol. The fraction of sp³-hybridized carbons (Fsp3) is 0.409. The second-order valence-electron chi connectivity index (χ2n) is 8.07. The summed E-state index contributed by atoms with van der Waals surface area (Å²) in [5, 5.41) is 14.4. The van der Waals surface area contributed by atoms with Gasteiger partial charge in [0.2, 0.25) is 0 Å². The van der Waals surface area contributed by atoms with E-state index < -0.39 is 29.1 Å². The Morgan fingerprint density at radius 2 is 1.94 bits per heavy atom. The quantitative estimate of drug-likeness (QED) is 0.353. The van der Waals surface area contributed by atoms with Crippen LogP contribution in [-0.2, 0) is 19.1 Å². The molecule has 5 nitrogen and oxygen atoms in total. The summed E-state index contributed by atoms with van der Waals surface area (Å²) in [5.41, 5.74) is -2.94. The normalized spacial score (nSPS) is 14.3. The van der Waals surface area contributed by atoms with Gasteiger partial charge in [0.25, 0.3) is 11.8 Å². The predicted octanol–water partition coefficient (Wildman–Crippen LogP) is 6.50. The van der Waals surface area contributed by atoms with E-state index in [9.17, 15) is 32.0 Å². The Balaban J connectivity index is 1.76. The average Bonchev–Trinajstić information content (AvgIpc) is 3.14. The molecule has 3 heterocycles. The van der Waals surface area contributed by atoms with E-state index in [0.717, 1.165) is 40.2 Å². The lowest BCUT2D eigenvalue weighted by Gasteiger charge is -2.19. The van der Waals surface area contributed by atoms with E-state index in [1.165, 1.54) is 18.5 Å². The van der Waals surface area contributed by atoms with Gasteiger partial charge in [-0.25, -0.2) is 0 Å². The molecular weight excluding hydrogens is 495 g/mol. The Bertz CT molecular complexity index is 1290. The minimum absolute atomic E-state index is 0.0748. The standard InChI is InChI=1S/C22H19F5N4OS2/c1-4-31(12-5-6-12)20(32)13-8-15(34-16(13)9-28)14-7-11(10-33-14)18-17(22(25,26)27)19(21(2,23)24)29-30(18)3/h7-8,10,12H,4-6H2,1-3H3. The van der Waals surface area contributed by atoms with Gasteiger partial charge in [0.1, 0.15) is 22.2 Å². The number of nitriles is 1. The molecule has 1 aliphatic carbocycles. The molecule has 180 valence electrons. The van der Waals surface area contributed by atoms with Gasteiger partial charge in [0, 0.05) is 47.3 Å². The molecule has 1 aliphatic rings. The van der Waals surface area contributed by atoms with E-state index in [-0.39, 0.29) is 28.0 Å². The first-order chi connectivity index (χ1) is 15.9. The Kier molecular flexibility index (Phi) is 6.06. The number of aryl methyl sites for hydroxylation is 1. The zero-order valence-electron chi connectivity index (χ0n) is 18.3. The first kappa shape index (κ1) is 24.3. The number of nitrogens with zero attached hydrogens (tertiary/aromatic N) is 4. The van der Waals surface area contributed by atoms with Gasteiger partial charge < -0.3 is 4.90 Å². The molecule has 1 amide bonds. The summed E-state index contributed by atoms with van der Waals surface area (Å²) in [7, 11) is 1.18. The molecule has 0 atom stereocenters. The number of amides is 1. The average molecular weight is 515 g/mol. The minimum Gasteiger partial charge on any atom is -0.336 e. The fourth-order valence-corrected chi connectivity index (χ4v) is 5.81. The monoisotopic (exact) mass is 514 g/mol. The van der Waals surface area contributed by atoms with Crippen LogP contribution in [0.2, 0.25) is 0 Å². The summed E-state index contributed by atoms with van der Waals surface area (Å²) in [5.74, 6) is -4.03. The first-order valence-electron chi connectivity index (χ1n) is 10.3. The highest BCUT2D eigenvalue weighted by Crippen LogP contribution is 2.46. The van der Waals surface area contributed by atoms with E-state index >= 15 is 0 Å². The van der Waals surface area contributed by atoms with Gasteiger partial charge in [-0.15, -0.1) is 22.7 Å². The summed E-state index contributed by atoms with van der Waals surface area (Å²) in [6.45, 7) is 2.75. The molecule has 3 aromatic heterocycles. The van der Waals surface area contributed by atoms with Gasteiger partial charge in [-0.1, -0.05) is 0 Å². The first-order valence-corrected chi connectivity index (χ1v) is 12.0. The van der Waals surface area contributed by atoms with E-state index in [1.807, 2.05) is 13.0 Å². The van der Waals surface area contributed by atoms with Crippen molar-refractivity contribution in [3.05, 3.63) is 39.2 Å². The lowest BCUT2D eigenvalue weighted by Crippen LogP contribution is -2.32. The van der Waals surface area contributed by atoms with Crippen molar-refractivity contribution in [2.24, 2.45) is 7.05 Å². The SMILES string of the molecule is CCN(C(=O)c1cc(-c2cc(-c3c(C(F)(F)F)c(C(C)(F)F)nn3C)cs2)sc1C#N)C1CC1. The third kappa shape index (κ3) is 4.34. The molecule has 1 fully saturated rings.